The maximum atomic E-state index is 12.7. The molecule has 0 aliphatic heterocycles. The Labute approximate surface area is 170 Å². The van der Waals surface area contributed by atoms with Gasteiger partial charge in [0.2, 0.25) is 0 Å². The fourth-order valence-electron chi connectivity index (χ4n) is 3.09. The summed E-state index contributed by atoms with van der Waals surface area (Å²) in [4.78, 5) is 4.22. The van der Waals surface area contributed by atoms with Gasteiger partial charge in [0, 0.05) is 44.0 Å². The van der Waals surface area contributed by atoms with E-state index in [1.165, 1.54) is 18.7 Å². The fourth-order valence-corrected chi connectivity index (χ4v) is 3.09. The monoisotopic (exact) mass is 409 g/mol. The Kier molecular flexibility index (Phi) is 7.81. The van der Waals surface area contributed by atoms with Gasteiger partial charge in [0.25, 0.3) is 0 Å². The summed E-state index contributed by atoms with van der Waals surface area (Å²) >= 11 is 0. The highest BCUT2D eigenvalue weighted by molar-refractivity contribution is 5.80. The summed E-state index contributed by atoms with van der Waals surface area (Å²) in [6.45, 7) is 3.45. The Morgan fingerprint density at radius 3 is 2.59 bits per heavy atom. The lowest BCUT2D eigenvalue weighted by atomic mass is 10.1. The molecular weight excluding hydrogens is 380 g/mol. The topological polar surface area (TPSA) is 72.7 Å². The van der Waals surface area contributed by atoms with Gasteiger partial charge in [0.05, 0.1) is 12.8 Å². The normalized spacial score (nSPS) is 12.8. The van der Waals surface area contributed by atoms with E-state index >= 15 is 0 Å². The fraction of sp³-hybridized carbons (Fsp3) is 0.500. The van der Waals surface area contributed by atoms with Crippen molar-refractivity contribution in [3.8, 4) is 11.5 Å². The summed E-state index contributed by atoms with van der Waals surface area (Å²) in [5.41, 5.74) is 3.91. The molecule has 0 bridgehead atoms. The van der Waals surface area contributed by atoms with Gasteiger partial charge in [-0.1, -0.05) is 0 Å². The van der Waals surface area contributed by atoms with Crippen LogP contribution >= 0.6 is 0 Å². The second-order valence-corrected chi connectivity index (χ2v) is 6.80. The third kappa shape index (κ3) is 6.07. The number of aryl methyl sites for hydroxylation is 2. The zero-order chi connectivity index (χ0) is 21.6. The van der Waals surface area contributed by atoms with E-state index in [1.54, 1.807) is 19.2 Å². The van der Waals surface area contributed by atoms with E-state index in [0.29, 0.717) is 17.3 Å². The number of nitrogens with one attached hydrogen (secondary N) is 2. The molecule has 0 saturated heterocycles. The number of hydrogen-bond donors (Lipinski definition) is 2. The van der Waals surface area contributed by atoms with E-state index in [9.17, 15) is 8.78 Å². The number of alkyl halides is 2. The third-order valence-electron chi connectivity index (χ3n) is 4.71. The molecule has 29 heavy (non-hydrogen) atoms. The van der Waals surface area contributed by atoms with E-state index in [1.807, 2.05) is 25.6 Å². The van der Waals surface area contributed by atoms with Crippen LogP contribution in [0.5, 0.6) is 11.5 Å². The molecule has 2 rings (SSSR count). The minimum absolute atomic E-state index is 0.0666. The van der Waals surface area contributed by atoms with Gasteiger partial charge in [-0.3, -0.25) is 9.67 Å². The third-order valence-corrected chi connectivity index (χ3v) is 4.71. The molecule has 0 amide bonds. The molecule has 0 aliphatic rings. The Morgan fingerprint density at radius 2 is 2.03 bits per heavy atom. The zero-order valence-electron chi connectivity index (χ0n) is 17.7. The highest BCUT2D eigenvalue weighted by atomic mass is 19.3. The summed E-state index contributed by atoms with van der Waals surface area (Å²) in [7, 11) is 5.06. The molecule has 0 fully saturated rings. The van der Waals surface area contributed by atoms with Crippen molar-refractivity contribution in [1.82, 2.24) is 20.4 Å². The molecule has 1 aromatic carbocycles. The molecule has 160 valence electrons. The van der Waals surface area contributed by atoms with Gasteiger partial charge < -0.3 is 20.1 Å². The minimum atomic E-state index is -2.91. The van der Waals surface area contributed by atoms with Crippen LogP contribution in [0.25, 0.3) is 0 Å². The highest BCUT2D eigenvalue weighted by Crippen LogP contribution is 2.26. The maximum absolute atomic E-state index is 12.7. The van der Waals surface area contributed by atoms with E-state index in [2.05, 4.69) is 32.4 Å². The van der Waals surface area contributed by atoms with Crippen molar-refractivity contribution < 1.29 is 18.3 Å². The molecular formula is C20H29F2N5O2. The van der Waals surface area contributed by atoms with Gasteiger partial charge in [-0.2, -0.15) is 13.9 Å². The van der Waals surface area contributed by atoms with Crippen molar-refractivity contribution in [2.45, 2.75) is 46.4 Å². The van der Waals surface area contributed by atoms with Crippen molar-refractivity contribution in [3.63, 3.8) is 0 Å². The maximum Gasteiger partial charge on any atom is 0.387 e. The van der Waals surface area contributed by atoms with E-state index in [4.69, 9.17) is 4.74 Å². The second-order valence-electron chi connectivity index (χ2n) is 6.80. The number of halogens is 2. The number of nitrogens with zero attached hydrogens (tertiary/aromatic N) is 3. The summed E-state index contributed by atoms with van der Waals surface area (Å²) < 4.78 is 37.0. The van der Waals surface area contributed by atoms with Gasteiger partial charge in [-0.25, -0.2) is 0 Å². The van der Waals surface area contributed by atoms with Crippen LogP contribution in [0.3, 0.4) is 0 Å². The number of methoxy groups -OCH3 is 1. The zero-order valence-corrected chi connectivity index (χ0v) is 17.7. The Hall–Kier alpha value is -2.84. The molecule has 1 aromatic heterocycles. The quantitative estimate of drug-likeness (QED) is 0.518. The molecule has 0 saturated carbocycles. The van der Waals surface area contributed by atoms with Gasteiger partial charge >= 0.3 is 6.61 Å². The first-order valence-electron chi connectivity index (χ1n) is 9.33. The highest BCUT2D eigenvalue weighted by Gasteiger charge is 2.15. The van der Waals surface area contributed by atoms with Crippen molar-refractivity contribution in [1.29, 1.82) is 0 Å². The number of ether oxygens (including phenoxy) is 2. The number of guanidine groups is 1. The van der Waals surface area contributed by atoms with E-state index < -0.39 is 6.61 Å². The summed E-state index contributed by atoms with van der Waals surface area (Å²) in [5, 5.41) is 10.9. The lowest BCUT2D eigenvalue weighted by Crippen LogP contribution is -2.42. The second kappa shape index (κ2) is 10.1. The molecule has 0 radical (unpaired) electrons. The van der Waals surface area contributed by atoms with Crippen LogP contribution < -0.4 is 20.1 Å². The molecule has 1 unspecified atom stereocenters. The van der Waals surface area contributed by atoms with Crippen LogP contribution in [0.15, 0.2) is 23.2 Å². The average Bonchev–Trinajstić information content (AvgIpc) is 2.91. The number of benzene rings is 1. The number of rotatable bonds is 8. The Balaban J connectivity index is 2.01. The van der Waals surface area contributed by atoms with Crippen molar-refractivity contribution in [3.05, 3.63) is 40.7 Å². The van der Waals surface area contributed by atoms with Crippen LogP contribution in [0.4, 0.5) is 8.78 Å². The molecule has 0 aliphatic carbocycles. The molecule has 1 heterocycles. The summed E-state index contributed by atoms with van der Waals surface area (Å²) in [6, 6.07) is 4.91. The lowest BCUT2D eigenvalue weighted by Gasteiger charge is -2.19. The number of hydrogen-bond acceptors (Lipinski definition) is 4. The number of aromatic nitrogens is 2. The van der Waals surface area contributed by atoms with Gasteiger partial charge in [0.15, 0.2) is 5.96 Å². The molecule has 9 heteroatoms. The van der Waals surface area contributed by atoms with Crippen LogP contribution in [0.2, 0.25) is 0 Å². The van der Waals surface area contributed by atoms with Gasteiger partial charge in [0.1, 0.15) is 11.5 Å². The smallest absolute Gasteiger partial charge is 0.387 e. The molecule has 1 atom stereocenters. The lowest BCUT2D eigenvalue weighted by molar-refractivity contribution is -0.0505. The first-order valence-corrected chi connectivity index (χ1v) is 9.33. The van der Waals surface area contributed by atoms with Crippen LogP contribution in [0, 0.1) is 13.8 Å². The van der Waals surface area contributed by atoms with Crippen molar-refractivity contribution in [2.75, 3.05) is 14.2 Å². The molecule has 2 N–H and O–H groups in total. The predicted molar refractivity (Wildman–Crippen MR) is 109 cm³/mol. The molecule has 0 spiro atoms. The largest absolute Gasteiger partial charge is 0.497 e. The van der Waals surface area contributed by atoms with Crippen LogP contribution in [-0.2, 0) is 20.0 Å². The average molecular weight is 409 g/mol. The Bertz CT molecular complexity index is 852. The number of aliphatic imine (C=N–C) groups is 1. The standard InChI is InChI=1S/C20H29F2N5O2/c1-12(9-17-13(2)26-27(5)14(17)3)25-20(23-4)24-11-15-7-8-16(28-6)10-18(15)29-19(21)22/h7-8,10,12,19H,9,11H2,1-6H3,(H2,23,24,25). The first kappa shape index (κ1) is 22.4. The van der Waals surface area contributed by atoms with Crippen molar-refractivity contribution >= 4 is 5.96 Å². The van der Waals surface area contributed by atoms with Crippen molar-refractivity contribution in [2.24, 2.45) is 12.0 Å². The summed E-state index contributed by atoms with van der Waals surface area (Å²) in [6.07, 6.45) is 0.786. The van der Waals surface area contributed by atoms with E-state index in [0.717, 1.165) is 17.8 Å². The summed E-state index contributed by atoms with van der Waals surface area (Å²) in [5.74, 6) is 1.08. The predicted octanol–water partition coefficient (Wildman–Crippen LogP) is 2.94. The molecule has 7 nitrogen and oxygen atoms in total. The Morgan fingerprint density at radius 1 is 1.31 bits per heavy atom. The van der Waals surface area contributed by atoms with E-state index in [-0.39, 0.29) is 18.3 Å². The van der Waals surface area contributed by atoms with Gasteiger partial charge in [-0.05, 0) is 44.9 Å². The van der Waals surface area contributed by atoms with Crippen LogP contribution in [-0.4, -0.2) is 42.6 Å². The molecule has 2 aromatic rings. The minimum Gasteiger partial charge on any atom is -0.497 e. The van der Waals surface area contributed by atoms with Gasteiger partial charge in [-0.15, -0.1) is 0 Å². The first-order chi connectivity index (χ1) is 13.7. The SMILES string of the molecule is CN=C(NCc1ccc(OC)cc1OC(F)F)NC(C)Cc1c(C)nn(C)c1C. The van der Waals surface area contributed by atoms with Crippen LogP contribution in [0.1, 0.15) is 29.4 Å².